The molecule has 0 aromatic heterocycles. The number of carbonyl (C=O) groups excluding carboxylic acids is 2. The standard InChI is InChI=1S/C17H23NO3/c1-5-6-7-11-15(21-14(4)19)17(20)18-16-12(2)9-8-10-13(16)3/h5,8-10,15H,1,6-7,11H2,2-4H3,(H,18,20). The summed E-state index contributed by atoms with van der Waals surface area (Å²) in [4.78, 5) is 23.5. The summed E-state index contributed by atoms with van der Waals surface area (Å²) < 4.78 is 5.13. The summed E-state index contributed by atoms with van der Waals surface area (Å²) in [7, 11) is 0. The van der Waals surface area contributed by atoms with Crippen LogP contribution in [-0.2, 0) is 14.3 Å². The van der Waals surface area contributed by atoms with Crippen molar-refractivity contribution in [1.29, 1.82) is 0 Å². The zero-order valence-corrected chi connectivity index (χ0v) is 12.9. The lowest BCUT2D eigenvalue weighted by atomic mass is 10.1. The molecule has 0 spiro atoms. The SMILES string of the molecule is C=CCCCC(OC(C)=O)C(=O)Nc1c(C)cccc1C. The fraction of sp³-hybridized carbons (Fsp3) is 0.412. The molecule has 1 aromatic rings. The molecule has 0 aliphatic rings. The Hall–Kier alpha value is -2.10. The lowest BCUT2D eigenvalue weighted by Crippen LogP contribution is -2.32. The number of ether oxygens (including phenoxy) is 1. The van der Waals surface area contributed by atoms with E-state index in [-0.39, 0.29) is 5.91 Å². The minimum absolute atomic E-state index is 0.285. The Kier molecular flexibility index (Phi) is 6.66. The molecule has 114 valence electrons. The van der Waals surface area contributed by atoms with Crippen LogP contribution in [0.5, 0.6) is 0 Å². The number of rotatable bonds is 7. The second-order valence-electron chi connectivity index (χ2n) is 5.07. The van der Waals surface area contributed by atoms with E-state index in [1.165, 1.54) is 6.92 Å². The number of unbranched alkanes of at least 4 members (excludes halogenated alkanes) is 1. The molecule has 4 heteroatoms. The molecule has 0 aliphatic heterocycles. The molecule has 1 unspecified atom stereocenters. The lowest BCUT2D eigenvalue weighted by Gasteiger charge is -2.18. The summed E-state index contributed by atoms with van der Waals surface area (Å²) in [6, 6.07) is 5.80. The van der Waals surface area contributed by atoms with Gasteiger partial charge >= 0.3 is 5.97 Å². The Labute approximate surface area is 126 Å². The number of para-hydroxylation sites is 1. The summed E-state index contributed by atoms with van der Waals surface area (Å²) in [6.45, 7) is 8.82. The van der Waals surface area contributed by atoms with Crippen LogP contribution < -0.4 is 5.32 Å². The summed E-state index contributed by atoms with van der Waals surface area (Å²) in [5.74, 6) is -0.734. The fourth-order valence-corrected chi connectivity index (χ4v) is 2.11. The molecule has 1 amide bonds. The van der Waals surface area contributed by atoms with Gasteiger partial charge in [-0.3, -0.25) is 9.59 Å². The predicted molar refractivity (Wildman–Crippen MR) is 84.1 cm³/mol. The Bertz CT molecular complexity index is 503. The molecule has 0 radical (unpaired) electrons. The maximum Gasteiger partial charge on any atom is 0.303 e. The van der Waals surface area contributed by atoms with Crippen molar-refractivity contribution in [2.24, 2.45) is 0 Å². The number of amides is 1. The van der Waals surface area contributed by atoms with Crippen LogP contribution in [0.25, 0.3) is 0 Å². The number of hydrogen-bond donors (Lipinski definition) is 1. The average molecular weight is 289 g/mol. The largest absolute Gasteiger partial charge is 0.452 e. The Morgan fingerprint density at radius 2 is 1.95 bits per heavy atom. The van der Waals surface area contributed by atoms with Crippen molar-refractivity contribution in [2.75, 3.05) is 5.32 Å². The van der Waals surface area contributed by atoms with Crippen molar-refractivity contribution in [2.45, 2.75) is 46.1 Å². The van der Waals surface area contributed by atoms with Crippen molar-refractivity contribution in [3.8, 4) is 0 Å². The van der Waals surface area contributed by atoms with Gasteiger partial charge in [0.25, 0.3) is 5.91 Å². The third kappa shape index (κ3) is 5.42. The van der Waals surface area contributed by atoms with Gasteiger partial charge in [-0.25, -0.2) is 0 Å². The van der Waals surface area contributed by atoms with Crippen molar-refractivity contribution in [1.82, 2.24) is 0 Å². The van der Waals surface area contributed by atoms with Crippen LogP contribution in [-0.4, -0.2) is 18.0 Å². The zero-order valence-electron chi connectivity index (χ0n) is 12.9. The van der Waals surface area contributed by atoms with Crippen LogP contribution in [0.4, 0.5) is 5.69 Å². The maximum atomic E-state index is 12.3. The van der Waals surface area contributed by atoms with Crippen LogP contribution in [0, 0.1) is 13.8 Å². The number of hydrogen-bond acceptors (Lipinski definition) is 3. The monoisotopic (exact) mass is 289 g/mol. The first-order valence-corrected chi connectivity index (χ1v) is 7.11. The van der Waals surface area contributed by atoms with Crippen LogP contribution in [0.15, 0.2) is 30.9 Å². The van der Waals surface area contributed by atoms with E-state index in [4.69, 9.17) is 4.74 Å². The molecule has 21 heavy (non-hydrogen) atoms. The molecular weight excluding hydrogens is 266 g/mol. The second kappa shape index (κ2) is 8.25. The molecule has 1 aromatic carbocycles. The number of nitrogens with one attached hydrogen (secondary N) is 1. The molecule has 1 rings (SSSR count). The van der Waals surface area contributed by atoms with E-state index < -0.39 is 12.1 Å². The molecule has 0 bridgehead atoms. The van der Waals surface area contributed by atoms with Gasteiger partial charge in [0, 0.05) is 12.6 Å². The Morgan fingerprint density at radius 1 is 1.33 bits per heavy atom. The number of carbonyl (C=O) groups is 2. The smallest absolute Gasteiger partial charge is 0.303 e. The molecule has 0 heterocycles. The van der Waals surface area contributed by atoms with Crippen LogP contribution in [0.3, 0.4) is 0 Å². The lowest BCUT2D eigenvalue weighted by molar-refractivity contribution is -0.152. The normalized spacial score (nSPS) is 11.6. The van der Waals surface area contributed by atoms with Crippen molar-refractivity contribution >= 4 is 17.6 Å². The third-order valence-corrected chi connectivity index (χ3v) is 3.20. The minimum Gasteiger partial charge on any atom is -0.452 e. The minimum atomic E-state index is -0.763. The van der Waals surface area contributed by atoms with E-state index in [0.717, 1.165) is 29.7 Å². The third-order valence-electron chi connectivity index (χ3n) is 3.20. The van der Waals surface area contributed by atoms with Crippen molar-refractivity contribution in [3.63, 3.8) is 0 Å². The van der Waals surface area contributed by atoms with Crippen LogP contribution in [0.2, 0.25) is 0 Å². The zero-order chi connectivity index (χ0) is 15.8. The quantitative estimate of drug-likeness (QED) is 0.474. The molecule has 1 atom stereocenters. The molecule has 1 N–H and O–H groups in total. The van der Waals surface area contributed by atoms with Crippen LogP contribution in [0.1, 0.15) is 37.3 Å². The molecule has 0 aliphatic carbocycles. The first kappa shape index (κ1) is 17.0. The van der Waals surface area contributed by atoms with E-state index in [0.29, 0.717) is 6.42 Å². The van der Waals surface area contributed by atoms with Gasteiger partial charge in [0.15, 0.2) is 6.10 Å². The Morgan fingerprint density at radius 3 is 2.48 bits per heavy atom. The van der Waals surface area contributed by atoms with Gasteiger partial charge < -0.3 is 10.1 Å². The van der Waals surface area contributed by atoms with Crippen LogP contribution >= 0.6 is 0 Å². The number of esters is 1. The average Bonchev–Trinajstić information content (AvgIpc) is 2.41. The number of aryl methyl sites for hydroxylation is 2. The van der Waals surface area contributed by atoms with Crippen molar-refractivity contribution in [3.05, 3.63) is 42.0 Å². The highest BCUT2D eigenvalue weighted by Gasteiger charge is 2.22. The first-order chi connectivity index (χ1) is 9.95. The van der Waals surface area contributed by atoms with Gasteiger partial charge in [0.05, 0.1) is 0 Å². The number of allylic oxidation sites excluding steroid dienone is 1. The summed E-state index contributed by atoms with van der Waals surface area (Å²) in [5.41, 5.74) is 2.75. The maximum absolute atomic E-state index is 12.3. The van der Waals surface area contributed by atoms with Gasteiger partial charge in [-0.05, 0) is 44.2 Å². The molecule has 0 fully saturated rings. The highest BCUT2D eigenvalue weighted by atomic mass is 16.5. The topological polar surface area (TPSA) is 55.4 Å². The molecular formula is C17H23NO3. The molecule has 4 nitrogen and oxygen atoms in total. The Balaban J connectivity index is 2.79. The number of anilines is 1. The van der Waals surface area contributed by atoms with E-state index in [9.17, 15) is 9.59 Å². The predicted octanol–water partition coefficient (Wildman–Crippen LogP) is 3.53. The second-order valence-corrected chi connectivity index (χ2v) is 5.07. The number of benzene rings is 1. The summed E-state index contributed by atoms with van der Waals surface area (Å²) in [5, 5.41) is 2.87. The summed E-state index contributed by atoms with van der Waals surface area (Å²) in [6.07, 6.45) is 3.05. The van der Waals surface area contributed by atoms with E-state index in [1.54, 1.807) is 6.08 Å². The molecule has 0 saturated heterocycles. The van der Waals surface area contributed by atoms with E-state index >= 15 is 0 Å². The highest BCUT2D eigenvalue weighted by Crippen LogP contribution is 2.20. The first-order valence-electron chi connectivity index (χ1n) is 7.11. The van der Waals surface area contributed by atoms with Gasteiger partial charge in [-0.2, -0.15) is 0 Å². The van der Waals surface area contributed by atoms with Gasteiger partial charge in [0.1, 0.15) is 0 Å². The van der Waals surface area contributed by atoms with Gasteiger partial charge in [0.2, 0.25) is 0 Å². The van der Waals surface area contributed by atoms with Crippen molar-refractivity contribution < 1.29 is 14.3 Å². The summed E-state index contributed by atoms with van der Waals surface area (Å²) >= 11 is 0. The van der Waals surface area contributed by atoms with E-state index in [2.05, 4.69) is 11.9 Å². The molecule has 0 saturated carbocycles. The van der Waals surface area contributed by atoms with E-state index in [1.807, 2.05) is 32.0 Å². The fourth-order valence-electron chi connectivity index (χ4n) is 2.11. The highest BCUT2D eigenvalue weighted by molar-refractivity contribution is 5.96. The van der Waals surface area contributed by atoms with Gasteiger partial charge in [-0.15, -0.1) is 6.58 Å². The van der Waals surface area contributed by atoms with Gasteiger partial charge in [-0.1, -0.05) is 24.3 Å².